The largest absolute Gasteiger partial charge is 0.379 e. The Morgan fingerprint density at radius 1 is 0.492 bits per heavy atom. The zero-order chi connectivity index (χ0) is 46.3. The highest BCUT2D eigenvalue weighted by molar-refractivity contribution is 5.97. The second-order valence-electron chi connectivity index (χ2n) is 16.1. The minimum atomic E-state index is -0.914. The van der Waals surface area contributed by atoms with Crippen molar-refractivity contribution in [3.05, 3.63) is 60.2 Å². The van der Waals surface area contributed by atoms with E-state index in [0.717, 1.165) is 33.9 Å². The summed E-state index contributed by atoms with van der Waals surface area (Å²) in [6.07, 6.45) is 7.12. The minimum absolute atomic E-state index is 0.0321. The second-order valence-corrected chi connectivity index (χ2v) is 16.1. The number of amides is 5. The SMILES string of the molecule is CC(C)CNC(=O)[C@H](C)NC(=O)[C@H](C)NC(=O)[C@H](C)NC(=O)CCOCCOCCOCCOCCNC(=O)c1cc(-c2cnc(C(C)C)nc2)cc(-c2cnc(C(C)C)nc2)c1. The number of rotatable bonds is 28. The third-order valence-corrected chi connectivity index (χ3v) is 9.32. The number of benzene rings is 1. The zero-order valence-corrected chi connectivity index (χ0v) is 38.2. The number of nitrogens with one attached hydrogen (secondary N) is 5. The van der Waals surface area contributed by atoms with Crippen LogP contribution in [-0.2, 0) is 38.1 Å². The molecule has 2 aromatic heterocycles. The summed E-state index contributed by atoms with van der Waals surface area (Å²) in [7, 11) is 0. The lowest BCUT2D eigenvalue weighted by atomic mass is 9.98. The maximum absolute atomic E-state index is 13.3. The van der Waals surface area contributed by atoms with Crippen molar-refractivity contribution in [1.82, 2.24) is 46.5 Å². The van der Waals surface area contributed by atoms with Gasteiger partial charge in [-0.1, -0.05) is 41.5 Å². The monoisotopic (exact) mass is 878 g/mol. The van der Waals surface area contributed by atoms with E-state index in [2.05, 4.69) is 46.5 Å². The maximum atomic E-state index is 13.3. The van der Waals surface area contributed by atoms with Crippen LogP contribution in [0.4, 0.5) is 0 Å². The normalized spacial score (nSPS) is 12.8. The number of hydrogen-bond donors (Lipinski definition) is 5. The van der Waals surface area contributed by atoms with E-state index in [-0.39, 0.29) is 55.1 Å². The first-order valence-corrected chi connectivity index (χ1v) is 21.6. The van der Waals surface area contributed by atoms with Crippen LogP contribution < -0.4 is 26.6 Å². The van der Waals surface area contributed by atoms with Crippen LogP contribution in [0.15, 0.2) is 43.0 Å². The van der Waals surface area contributed by atoms with Crippen LogP contribution >= 0.6 is 0 Å². The molecule has 1 aromatic carbocycles. The van der Waals surface area contributed by atoms with Gasteiger partial charge in [-0.05, 0) is 56.0 Å². The summed E-state index contributed by atoms with van der Waals surface area (Å²) in [4.78, 5) is 80.7. The Morgan fingerprint density at radius 3 is 1.35 bits per heavy atom. The van der Waals surface area contributed by atoms with Crippen LogP contribution in [0.3, 0.4) is 0 Å². The molecule has 5 N–H and O–H groups in total. The molecule has 3 rings (SSSR count). The van der Waals surface area contributed by atoms with Gasteiger partial charge in [0.05, 0.1) is 52.9 Å². The van der Waals surface area contributed by atoms with Gasteiger partial charge in [0, 0.05) is 72.8 Å². The molecule has 63 heavy (non-hydrogen) atoms. The molecule has 3 atom stereocenters. The topological polar surface area (TPSA) is 234 Å². The average Bonchev–Trinajstić information content (AvgIpc) is 3.26. The van der Waals surface area contributed by atoms with E-state index >= 15 is 0 Å². The van der Waals surface area contributed by atoms with Gasteiger partial charge in [0.2, 0.25) is 23.6 Å². The van der Waals surface area contributed by atoms with Gasteiger partial charge in [0.25, 0.3) is 5.91 Å². The van der Waals surface area contributed by atoms with Gasteiger partial charge in [-0.15, -0.1) is 0 Å². The molecule has 0 radical (unpaired) electrons. The predicted octanol–water partition coefficient (Wildman–Crippen LogP) is 3.32. The Morgan fingerprint density at radius 2 is 0.905 bits per heavy atom. The molecule has 3 aromatic rings. The molecule has 0 aliphatic rings. The first kappa shape index (κ1) is 51.9. The van der Waals surface area contributed by atoms with Gasteiger partial charge in [-0.25, -0.2) is 19.9 Å². The number of carbonyl (C=O) groups excluding carboxylic acids is 5. The first-order chi connectivity index (χ1) is 30.0. The number of ether oxygens (including phenoxy) is 4. The molecular formula is C45H67N9O9. The maximum Gasteiger partial charge on any atom is 0.251 e. The summed E-state index contributed by atoms with van der Waals surface area (Å²) in [5, 5.41) is 13.4. The Balaban J connectivity index is 1.25. The lowest BCUT2D eigenvalue weighted by Crippen LogP contribution is -2.54. The minimum Gasteiger partial charge on any atom is -0.379 e. The molecule has 0 bridgehead atoms. The molecule has 346 valence electrons. The Bertz CT molecular complexity index is 1820. The molecule has 0 aliphatic carbocycles. The van der Waals surface area contributed by atoms with Gasteiger partial charge in [-0.3, -0.25) is 24.0 Å². The number of nitrogens with zero attached hydrogens (tertiary/aromatic N) is 4. The van der Waals surface area contributed by atoms with Crippen molar-refractivity contribution < 1.29 is 42.9 Å². The van der Waals surface area contributed by atoms with Gasteiger partial charge in [-0.2, -0.15) is 0 Å². The van der Waals surface area contributed by atoms with E-state index in [1.165, 1.54) is 13.8 Å². The fraction of sp³-hybridized carbons (Fsp3) is 0.578. The van der Waals surface area contributed by atoms with Crippen molar-refractivity contribution in [1.29, 1.82) is 0 Å². The Labute approximate surface area is 371 Å². The van der Waals surface area contributed by atoms with Crippen molar-refractivity contribution in [3.8, 4) is 22.3 Å². The fourth-order valence-corrected chi connectivity index (χ4v) is 5.57. The molecule has 18 heteroatoms. The van der Waals surface area contributed by atoms with Gasteiger partial charge < -0.3 is 45.5 Å². The van der Waals surface area contributed by atoms with Crippen molar-refractivity contribution in [2.24, 2.45) is 5.92 Å². The molecule has 5 amide bonds. The summed E-state index contributed by atoms with van der Waals surface area (Å²) in [6.45, 7) is 19.8. The number of carbonyl (C=O) groups is 5. The van der Waals surface area contributed by atoms with E-state index in [0.29, 0.717) is 58.3 Å². The van der Waals surface area contributed by atoms with Crippen molar-refractivity contribution in [2.45, 2.75) is 98.7 Å². The van der Waals surface area contributed by atoms with E-state index in [4.69, 9.17) is 18.9 Å². The Hall–Kier alpha value is -5.43. The van der Waals surface area contributed by atoms with Crippen LogP contribution in [0.2, 0.25) is 0 Å². The van der Waals surface area contributed by atoms with Crippen LogP contribution in [0.25, 0.3) is 22.3 Å². The Kier molecular flexibility index (Phi) is 22.7. The van der Waals surface area contributed by atoms with E-state index in [1.54, 1.807) is 31.7 Å². The summed E-state index contributed by atoms with van der Waals surface area (Å²) >= 11 is 0. The summed E-state index contributed by atoms with van der Waals surface area (Å²) < 4.78 is 22.2. The number of hydrogen-bond acceptors (Lipinski definition) is 13. The lowest BCUT2D eigenvalue weighted by Gasteiger charge is -2.20. The molecule has 18 nitrogen and oxygen atoms in total. The zero-order valence-electron chi connectivity index (χ0n) is 38.2. The highest BCUT2D eigenvalue weighted by Crippen LogP contribution is 2.28. The summed E-state index contributed by atoms with van der Waals surface area (Å²) in [5.74, 6) is 0.144. The average molecular weight is 878 g/mol. The molecular weight excluding hydrogens is 811 g/mol. The first-order valence-electron chi connectivity index (χ1n) is 21.6. The molecule has 0 spiro atoms. The van der Waals surface area contributed by atoms with Crippen molar-refractivity contribution in [3.63, 3.8) is 0 Å². The quantitative estimate of drug-likeness (QED) is 0.0660. The van der Waals surface area contributed by atoms with Gasteiger partial charge in [0.15, 0.2) is 0 Å². The lowest BCUT2D eigenvalue weighted by molar-refractivity contribution is -0.133. The number of aromatic nitrogens is 4. The second kappa shape index (κ2) is 27.6. The smallest absolute Gasteiger partial charge is 0.251 e. The molecule has 0 saturated carbocycles. The molecule has 0 saturated heterocycles. The van der Waals surface area contributed by atoms with E-state index < -0.39 is 29.9 Å². The predicted molar refractivity (Wildman–Crippen MR) is 238 cm³/mol. The van der Waals surface area contributed by atoms with E-state index in [1.807, 2.05) is 59.7 Å². The van der Waals surface area contributed by atoms with Crippen LogP contribution in [0.5, 0.6) is 0 Å². The highest BCUT2D eigenvalue weighted by Gasteiger charge is 2.24. The molecule has 0 unspecified atom stereocenters. The van der Waals surface area contributed by atoms with Crippen LogP contribution in [0, 0.1) is 5.92 Å². The fourth-order valence-electron chi connectivity index (χ4n) is 5.57. The van der Waals surface area contributed by atoms with Crippen molar-refractivity contribution >= 4 is 29.5 Å². The van der Waals surface area contributed by atoms with E-state index in [9.17, 15) is 24.0 Å². The highest BCUT2D eigenvalue weighted by atomic mass is 16.6. The molecule has 0 aliphatic heterocycles. The summed E-state index contributed by atoms with van der Waals surface area (Å²) in [6, 6.07) is 3.05. The van der Waals surface area contributed by atoms with Crippen LogP contribution in [-0.4, -0.2) is 134 Å². The molecule has 0 fully saturated rings. The van der Waals surface area contributed by atoms with Gasteiger partial charge >= 0.3 is 0 Å². The third kappa shape index (κ3) is 19.2. The van der Waals surface area contributed by atoms with Gasteiger partial charge in [0.1, 0.15) is 29.8 Å². The van der Waals surface area contributed by atoms with Crippen molar-refractivity contribution in [2.75, 3.05) is 65.9 Å². The third-order valence-electron chi connectivity index (χ3n) is 9.32. The molecule has 2 heterocycles. The van der Waals surface area contributed by atoms with Crippen LogP contribution in [0.1, 0.15) is 103 Å². The standard InChI is InChI=1S/C45H67N9O9/c1-28(2)23-51-42(56)31(7)53-44(58)33(9)54-43(57)32(8)52-39(55)10-12-60-14-16-62-18-19-63-17-15-61-13-11-46-45(59)36-21-34(37-24-47-40(29(3)4)48-25-37)20-35(22-36)38-26-49-41(30(5)6)50-27-38/h20-22,24-33H,10-19,23H2,1-9H3,(H,46,59)(H,51,56)(H,52,55)(H,53,58)(H,54,57)/t31-,32-,33-/m0/s1. The summed E-state index contributed by atoms with van der Waals surface area (Å²) in [5.41, 5.74) is 3.66.